The van der Waals surface area contributed by atoms with Crippen LogP contribution in [0.5, 0.6) is 0 Å². The minimum Gasteiger partial charge on any atom is -0.465 e. The molecule has 3 N–H and O–H groups in total. The normalized spacial score (nSPS) is 21.9. The lowest BCUT2D eigenvalue weighted by atomic mass is 9.69. The summed E-state index contributed by atoms with van der Waals surface area (Å²) in [5.74, 6) is 0.997. The van der Waals surface area contributed by atoms with E-state index >= 15 is 0 Å². The molecule has 0 saturated heterocycles. The number of carbonyl (C=O) groups is 2. The number of aromatic nitrogens is 2. The van der Waals surface area contributed by atoms with E-state index in [1.807, 2.05) is 26.8 Å². The Morgan fingerprint density at radius 1 is 1.29 bits per heavy atom. The standard InChI is InChI=1S/C27H32N6O3S2/c1-15-9-10-20(36-15)22-17(13-28)24(29)33(18-11-27(2,3)12-19(34)23(18)22)25-31-32-26(38-25)37-14-21(35)30-16-7-5-4-6-8-16/h9-10,16,22H,4-8,11-12,14,29H2,1-3H3,(H,30,35). The molecular weight excluding hydrogens is 520 g/mol. The maximum Gasteiger partial charge on any atom is 0.230 e. The Bertz CT molecular complexity index is 1360. The fourth-order valence-corrected chi connectivity index (χ4v) is 7.31. The van der Waals surface area contributed by atoms with Crippen LogP contribution in [0.3, 0.4) is 0 Å². The number of ketones is 1. The summed E-state index contributed by atoms with van der Waals surface area (Å²) >= 11 is 2.62. The summed E-state index contributed by atoms with van der Waals surface area (Å²) < 4.78 is 6.52. The lowest BCUT2D eigenvalue weighted by molar-refractivity contribution is -0.119. The molecule has 0 bridgehead atoms. The van der Waals surface area contributed by atoms with Gasteiger partial charge in [0.15, 0.2) is 10.1 Å². The molecule has 9 nitrogen and oxygen atoms in total. The predicted octanol–water partition coefficient (Wildman–Crippen LogP) is 4.92. The zero-order valence-corrected chi connectivity index (χ0v) is 23.5. The number of Topliss-reactive ketones (excluding diaryl/α,β-unsaturated/α-hetero) is 1. The minimum absolute atomic E-state index is 0.0102. The van der Waals surface area contributed by atoms with Gasteiger partial charge >= 0.3 is 0 Å². The molecule has 0 aromatic carbocycles. The van der Waals surface area contributed by atoms with Gasteiger partial charge in [-0.25, -0.2) is 0 Å². The summed E-state index contributed by atoms with van der Waals surface area (Å²) in [6.07, 6.45) is 6.56. The van der Waals surface area contributed by atoms with Crippen LogP contribution < -0.4 is 16.0 Å². The average Bonchev–Trinajstić information content (AvgIpc) is 3.51. The number of rotatable bonds is 6. The third kappa shape index (κ3) is 5.24. The molecule has 1 fully saturated rings. The summed E-state index contributed by atoms with van der Waals surface area (Å²) in [6, 6.07) is 6.12. The zero-order chi connectivity index (χ0) is 27.0. The van der Waals surface area contributed by atoms with E-state index in [9.17, 15) is 14.9 Å². The smallest absolute Gasteiger partial charge is 0.230 e. The van der Waals surface area contributed by atoms with Gasteiger partial charge in [0.1, 0.15) is 17.3 Å². The molecule has 1 saturated carbocycles. The number of hydrogen-bond donors (Lipinski definition) is 2. The van der Waals surface area contributed by atoms with Gasteiger partial charge in [-0.1, -0.05) is 56.2 Å². The molecule has 11 heteroatoms. The van der Waals surface area contributed by atoms with Crippen molar-refractivity contribution in [3.8, 4) is 6.07 Å². The topological polar surface area (TPSA) is 138 Å². The first kappa shape index (κ1) is 26.5. The molecule has 200 valence electrons. The summed E-state index contributed by atoms with van der Waals surface area (Å²) in [6.45, 7) is 5.92. The van der Waals surface area contributed by atoms with Crippen LogP contribution in [0.25, 0.3) is 0 Å². The number of amides is 1. The lowest BCUT2D eigenvalue weighted by Crippen LogP contribution is -2.42. The zero-order valence-electron chi connectivity index (χ0n) is 21.9. The molecule has 0 radical (unpaired) electrons. The van der Waals surface area contributed by atoms with Crippen LogP contribution in [0.1, 0.15) is 76.2 Å². The monoisotopic (exact) mass is 552 g/mol. The number of aryl methyl sites for hydroxylation is 1. The van der Waals surface area contributed by atoms with Gasteiger partial charge in [0.2, 0.25) is 11.0 Å². The van der Waals surface area contributed by atoms with Gasteiger partial charge in [0.25, 0.3) is 0 Å². The van der Waals surface area contributed by atoms with E-state index < -0.39 is 5.92 Å². The largest absolute Gasteiger partial charge is 0.465 e. The van der Waals surface area contributed by atoms with E-state index in [1.54, 1.807) is 11.0 Å². The number of hydrogen-bond acceptors (Lipinski definition) is 10. The SMILES string of the molecule is Cc1ccc(C2C(C#N)=C(N)N(c3nnc(SCC(=O)NC4CCCCC4)s3)C3=C2C(=O)CC(C)(C)C3)o1. The molecule has 2 aliphatic carbocycles. The van der Waals surface area contributed by atoms with Crippen molar-refractivity contribution in [3.05, 3.63) is 46.3 Å². The number of carbonyl (C=O) groups excluding carboxylic acids is 2. The van der Waals surface area contributed by atoms with Gasteiger partial charge in [-0.15, -0.1) is 10.2 Å². The third-order valence-electron chi connectivity index (χ3n) is 7.31. The first-order valence-electron chi connectivity index (χ1n) is 12.9. The van der Waals surface area contributed by atoms with Crippen molar-refractivity contribution < 1.29 is 14.0 Å². The molecule has 2 aromatic heterocycles. The van der Waals surface area contributed by atoms with Crippen molar-refractivity contribution in [1.29, 1.82) is 5.26 Å². The molecule has 3 heterocycles. The van der Waals surface area contributed by atoms with Crippen LogP contribution in [-0.2, 0) is 9.59 Å². The second-order valence-corrected chi connectivity index (χ2v) is 13.1. The maximum absolute atomic E-state index is 13.5. The van der Waals surface area contributed by atoms with Crippen LogP contribution >= 0.6 is 23.1 Å². The average molecular weight is 553 g/mol. The molecular formula is C27H32N6O3S2. The first-order chi connectivity index (χ1) is 18.2. The number of furan rings is 1. The molecule has 2 aromatic rings. The Morgan fingerprint density at radius 2 is 2.05 bits per heavy atom. The molecule has 38 heavy (non-hydrogen) atoms. The summed E-state index contributed by atoms with van der Waals surface area (Å²) in [7, 11) is 0. The Labute approximate surface area is 230 Å². The van der Waals surface area contributed by atoms with Gasteiger partial charge in [0.05, 0.1) is 23.3 Å². The van der Waals surface area contributed by atoms with E-state index in [0.717, 1.165) is 31.4 Å². The van der Waals surface area contributed by atoms with E-state index in [1.165, 1.54) is 29.5 Å². The molecule has 1 atom stereocenters. The Hall–Kier alpha value is -3.10. The molecule has 1 amide bonds. The Balaban J connectivity index is 1.44. The second kappa shape index (κ2) is 10.6. The van der Waals surface area contributed by atoms with E-state index in [4.69, 9.17) is 10.2 Å². The number of nitrogens with zero attached hydrogens (tertiary/aromatic N) is 4. The summed E-state index contributed by atoms with van der Waals surface area (Å²) in [5, 5.41) is 22.4. The number of thioether (sulfide) groups is 1. The third-order valence-corrected chi connectivity index (χ3v) is 9.35. The number of nitrogens with two attached hydrogens (primary N) is 1. The fourth-order valence-electron chi connectivity index (χ4n) is 5.62. The highest BCUT2D eigenvalue weighted by Crippen LogP contribution is 2.50. The number of anilines is 1. The van der Waals surface area contributed by atoms with Crippen molar-refractivity contribution >= 4 is 39.9 Å². The highest BCUT2D eigenvalue weighted by Gasteiger charge is 2.46. The van der Waals surface area contributed by atoms with Crippen LogP contribution in [0.2, 0.25) is 0 Å². The van der Waals surface area contributed by atoms with Crippen LogP contribution in [0, 0.1) is 23.7 Å². The van der Waals surface area contributed by atoms with E-state index in [0.29, 0.717) is 39.4 Å². The molecule has 3 aliphatic rings. The summed E-state index contributed by atoms with van der Waals surface area (Å²) in [4.78, 5) is 27.7. The summed E-state index contributed by atoms with van der Waals surface area (Å²) in [5.41, 5.74) is 7.86. The number of allylic oxidation sites excluding steroid dienone is 3. The van der Waals surface area contributed by atoms with Crippen LogP contribution in [-0.4, -0.2) is 33.7 Å². The van der Waals surface area contributed by atoms with Crippen molar-refractivity contribution in [1.82, 2.24) is 15.5 Å². The highest BCUT2D eigenvalue weighted by atomic mass is 32.2. The van der Waals surface area contributed by atoms with Crippen molar-refractivity contribution in [2.45, 2.75) is 82.0 Å². The van der Waals surface area contributed by atoms with E-state index in [2.05, 4.69) is 21.6 Å². The fraction of sp³-hybridized carbons (Fsp3) is 0.519. The molecule has 1 aliphatic heterocycles. The second-order valence-electron chi connectivity index (χ2n) is 11.0. The van der Waals surface area contributed by atoms with Gasteiger partial charge in [0, 0.05) is 23.7 Å². The first-order valence-corrected chi connectivity index (χ1v) is 14.7. The van der Waals surface area contributed by atoms with Crippen LogP contribution in [0.15, 0.2) is 43.6 Å². The van der Waals surface area contributed by atoms with Crippen molar-refractivity contribution in [2.75, 3.05) is 10.7 Å². The Kier molecular flexibility index (Phi) is 7.38. The van der Waals surface area contributed by atoms with Gasteiger partial charge in [-0.2, -0.15) is 5.26 Å². The van der Waals surface area contributed by atoms with E-state index in [-0.39, 0.29) is 40.3 Å². The Morgan fingerprint density at radius 3 is 2.74 bits per heavy atom. The number of nitriles is 1. The number of nitrogens with one attached hydrogen (secondary N) is 1. The molecule has 5 rings (SSSR count). The lowest BCUT2D eigenvalue weighted by Gasteiger charge is -2.42. The predicted molar refractivity (Wildman–Crippen MR) is 146 cm³/mol. The molecule has 1 unspecified atom stereocenters. The van der Waals surface area contributed by atoms with Gasteiger partial charge < -0.3 is 15.5 Å². The van der Waals surface area contributed by atoms with Gasteiger partial charge in [-0.05, 0) is 43.7 Å². The van der Waals surface area contributed by atoms with Crippen LogP contribution in [0.4, 0.5) is 5.13 Å². The maximum atomic E-state index is 13.5. The molecule has 0 spiro atoms. The highest BCUT2D eigenvalue weighted by molar-refractivity contribution is 8.01. The quantitative estimate of drug-likeness (QED) is 0.478. The minimum atomic E-state index is -0.659. The van der Waals surface area contributed by atoms with Gasteiger partial charge in [-0.3, -0.25) is 14.5 Å². The van der Waals surface area contributed by atoms with Crippen molar-refractivity contribution in [2.24, 2.45) is 11.1 Å². The van der Waals surface area contributed by atoms with Crippen molar-refractivity contribution in [3.63, 3.8) is 0 Å².